The minimum Gasteiger partial charge on any atom is -0.367 e. The summed E-state index contributed by atoms with van der Waals surface area (Å²) in [5, 5.41) is 3.30. The molecule has 1 aromatic heterocycles. The molecule has 2 unspecified atom stereocenters. The highest BCUT2D eigenvalue weighted by molar-refractivity contribution is 9.10. The van der Waals surface area contributed by atoms with E-state index >= 15 is 0 Å². The molecule has 0 amide bonds. The van der Waals surface area contributed by atoms with Gasteiger partial charge in [-0.2, -0.15) is 0 Å². The predicted molar refractivity (Wildman–Crippen MR) is 73.3 cm³/mol. The van der Waals surface area contributed by atoms with Crippen molar-refractivity contribution >= 4 is 32.5 Å². The van der Waals surface area contributed by atoms with Crippen LogP contribution in [0.25, 0.3) is 0 Å². The number of pyridine rings is 1. The summed E-state index contributed by atoms with van der Waals surface area (Å²) in [4.78, 5) is 4.31. The number of hydrogen-bond acceptors (Lipinski definition) is 3. The molecule has 0 spiro atoms. The number of aromatic nitrogens is 1. The lowest BCUT2D eigenvalue weighted by molar-refractivity contribution is 0.678. The van der Waals surface area contributed by atoms with Crippen LogP contribution in [0.3, 0.4) is 0 Å². The van der Waals surface area contributed by atoms with E-state index < -0.39 is 10.8 Å². The quantitative estimate of drug-likeness (QED) is 0.909. The highest BCUT2D eigenvalue weighted by Crippen LogP contribution is 2.21. The van der Waals surface area contributed by atoms with Crippen LogP contribution in [-0.4, -0.2) is 27.2 Å². The van der Waals surface area contributed by atoms with E-state index in [0.717, 1.165) is 28.0 Å². The fraction of sp³-hybridized carbons (Fsp3) is 0.545. The topological polar surface area (TPSA) is 42.0 Å². The summed E-state index contributed by atoms with van der Waals surface area (Å²) >= 11 is 3.47. The van der Waals surface area contributed by atoms with Crippen LogP contribution in [0.2, 0.25) is 0 Å². The number of aryl methyl sites for hydroxylation is 1. The van der Waals surface area contributed by atoms with Gasteiger partial charge >= 0.3 is 0 Å². The second kappa shape index (κ2) is 6.35. The van der Waals surface area contributed by atoms with Crippen molar-refractivity contribution in [3.8, 4) is 0 Å². The number of rotatable bonds is 5. The maximum Gasteiger partial charge on any atom is 0.140 e. The van der Waals surface area contributed by atoms with Crippen molar-refractivity contribution in [2.45, 2.75) is 26.3 Å². The summed E-state index contributed by atoms with van der Waals surface area (Å²) in [6.07, 6.45) is 4.44. The van der Waals surface area contributed by atoms with Crippen LogP contribution in [-0.2, 0) is 10.8 Å². The van der Waals surface area contributed by atoms with Crippen LogP contribution >= 0.6 is 15.9 Å². The van der Waals surface area contributed by atoms with Crippen molar-refractivity contribution in [3.05, 3.63) is 22.3 Å². The molecule has 90 valence electrons. The van der Waals surface area contributed by atoms with E-state index in [1.54, 1.807) is 6.26 Å². The number of halogens is 1. The molecule has 1 heterocycles. The summed E-state index contributed by atoms with van der Waals surface area (Å²) in [6.45, 7) is 4.08. The third-order valence-corrected chi connectivity index (χ3v) is 3.61. The molecule has 2 atom stereocenters. The van der Waals surface area contributed by atoms with Gasteiger partial charge in [-0.3, -0.25) is 4.21 Å². The van der Waals surface area contributed by atoms with Crippen LogP contribution < -0.4 is 5.32 Å². The Labute approximate surface area is 108 Å². The van der Waals surface area contributed by atoms with Gasteiger partial charge in [0.1, 0.15) is 5.82 Å². The normalized spacial score (nSPS) is 14.5. The maximum absolute atomic E-state index is 11.0. The largest absolute Gasteiger partial charge is 0.367 e. The molecule has 0 aliphatic rings. The van der Waals surface area contributed by atoms with Gasteiger partial charge in [-0.15, -0.1) is 0 Å². The predicted octanol–water partition coefficient (Wildman–Crippen LogP) is 2.72. The summed E-state index contributed by atoms with van der Waals surface area (Å²) in [7, 11) is -0.725. The van der Waals surface area contributed by atoms with Crippen molar-refractivity contribution in [2.75, 3.05) is 17.3 Å². The number of hydrogen-bond donors (Lipinski definition) is 1. The van der Waals surface area contributed by atoms with Crippen LogP contribution in [0.5, 0.6) is 0 Å². The van der Waals surface area contributed by atoms with E-state index in [4.69, 9.17) is 0 Å². The van der Waals surface area contributed by atoms with Crippen LogP contribution in [0.1, 0.15) is 18.9 Å². The minimum absolute atomic E-state index is 0.274. The Morgan fingerprint density at radius 1 is 1.62 bits per heavy atom. The van der Waals surface area contributed by atoms with Crippen molar-refractivity contribution in [2.24, 2.45) is 0 Å². The van der Waals surface area contributed by atoms with Gasteiger partial charge in [0.15, 0.2) is 0 Å². The van der Waals surface area contributed by atoms with Crippen molar-refractivity contribution in [1.82, 2.24) is 4.98 Å². The molecule has 1 N–H and O–H groups in total. The van der Waals surface area contributed by atoms with Gasteiger partial charge in [0.25, 0.3) is 0 Å². The Hall–Kier alpha value is -0.420. The number of nitrogens with zero attached hydrogens (tertiary/aromatic N) is 1. The molecule has 1 rings (SSSR count). The van der Waals surface area contributed by atoms with Gasteiger partial charge in [-0.25, -0.2) is 4.98 Å². The van der Waals surface area contributed by atoms with Gasteiger partial charge in [0, 0.05) is 35.0 Å². The van der Waals surface area contributed by atoms with Crippen molar-refractivity contribution in [3.63, 3.8) is 0 Å². The van der Waals surface area contributed by atoms with E-state index in [0.29, 0.717) is 0 Å². The summed E-state index contributed by atoms with van der Waals surface area (Å²) < 4.78 is 11.9. The molecule has 0 saturated carbocycles. The molecule has 0 fully saturated rings. The zero-order chi connectivity index (χ0) is 12.1. The lowest BCUT2D eigenvalue weighted by Gasteiger charge is -2.15. The molecule has 0 aliphatic carbocycles. The minimum atomic E-state index is -0.725. The van der Waals surface area contributed by atoms with Crippen molar-refractivity contribution in [1.29, 1.82) is 0 Å². The monoisotopic (exact) mass is 304 g/mol. The van der Waals surface area contributed by atoms with E-state index in [1.165, 1.54) is 0 Å². The molecule has 0 saturated heterocycles. The number of nitrogens with one attached hydrogen (secondary N) is 1. The Morgan fingerprint density at radius 2 is 2.31 bits per heavy atom. The molecule has 16 heavy (non-hydrogen) atoms. The van der Waals surface area contributed by atoms with Crippen LogP contribution in [0.15, 0.2) is 16.7 Å². The van der Waals surface area contributed by atoms with Gasteiger partial charge in [0.2, 0.25) is 0 Å². The maximum atomic E-state index is 11.0. The fourth-order valence-electron chi connectivity index (χ4n) is 1.29. The lowest BCUT2D eigenvalue weighted by atomic mass is 10.2. The standard InChI is InChI=1S/C11H17BrN2OS/c1-8-6-10(12)11(13-7-8)14-9(2)4-5-16(3)15/h6-7,9H,4-5H2,1-3H3,(H,13,14). The Kier molecular flexibility index (Phi) is 5.41. The van der Waals surface area contributed by atoms with Crippen LogP contribution in [0.4, 0.5) is 5.82 Å². The first-order valence-corrected chi connectivity index (χ1v) is 7.69. The van der Waals surface area contributed by atoms with E-state index in [1.807, 2.05) is 19.2 Å². The highest BCUT2D eigenvalue weighted by atomic mass is 79.9. The van der Waals surface area contributed by atoms with Gasteiger partial charge < -0.3 is 5.32 Å². The second-order valence-corrected chi connectivity index (χ2v) is 6.36. The SMILES string of the molecule is Cc1cnc(NC(C)CCS(C)=O)c(Br)c1. The second-order valence-electron chi connectivity index (χ2n) is 3.95. The molecule has 0 aromatic carbocycles. The molecule has 1 aromatic rings. The average Bonchev–Trinajstić information content (AvgIpc) is 2.19. The Morgan fingerprint density at radius 3 is 2.88 bits per heavy atom. The van der Waals surface area contributed by atoms with E-state index in [9.17, 15) is 4.21 Å². The molecule has 0 bridgehead atoms. The third kappa shape index (κ3) is 4.61. The Balaban J connectivity index is 2.55. The zero-order valence-corrected chi connectivity index (χ0v) is 12.2. The molecule has 3 nitrogen and oxygen atoms in total. The van der Waals surface area contributed by atoms with Gasteiger partial charge in [-0.1, -0.05) is 0 Å². The third-order valence-electron chi connectivity index (χ3n) is 2.20. The first kappa shape index (κ1) is 13.6. The Bertz CT molecular complexity index is 384. The smallest absolute Gasteiger partial charge is 0.140 e. The summed E-state index contributed by atoms with van der Waals surface area (Å²) in [6, 6.07) is 2.30. The fourth-order valence-corrected chi connectivity index (χ4v) is 2.55. The highest BCUT2D eigenvalue weighted by Gasteiger charge is 2.07. The summed E-state index contributed by atoms with van der Waals surface area (Å²) in [5.74, 6) is 1.57. The van der Waals surface area contributed by atoms with Crippen LogP contribution in [0, 0.1) is 6.92 Å². The molecule has 0 aliphatic heterocycles. The van der Waals surface area contributed by atoms with Gasteiger partial charge in [0.05, 0.1) is 4.47 Å². The lowest BCUT2D eigenvalue weighted by Crippen LogP contribution is -2.18. The van der Waals surface area contributed by atoms with E-state index in [-0.39, 0.29) is 6.04 Å². The first-order valence-electron chi connectivity index (χ1n) is 5.17. The average molecular weight is 305 g/mol. The molecular weight excluding hydrogens is 288 g/mol. The van der Waals surface area contributed by atoms with E-state index in [2.05, 4.69) is 33.2 Å². The molecular formula is C11H17BrN2OS. The molecule has 0 radical (unpaired) electrons. The van der Waals surface area contributed by atoms with Gasteiger partial charge in [-0.05, 0) is 47.8 Å². The molecule has 5 heteroatoms. The van der Waals surface area contributed by atoms with Crippen molar-refractivity contribution < 1.29 is 4.21 Å². The first-order chi connectivity index (χ1) is 7.49. The number of anilines is 1. The zero-order valence-electron chi connectivity index (χ0n) is 9.79. The summed E-state index contributed by atoms with van der Waals surface area (Å²) in [5.41, 5.74) is 1.12.